The van der Waals surface area contributed by atoms with E-state index in [1.165, 1.54) is 17.8 Å². The van der Waals surface area contributed by atoms with Gasteiger partial charge < -0.3 is 28.4 Å². The number of nitrogens with zero attached hydrogens (tertiary/aromatic N) is 6. The van der Waals surface area contributed by atoms with Gasteiger partial charge in [-0.3, -0.25) is 9.36 Å². The fourth-order valence-corrected chi connectivity index (χ4v) is 5.79. The summed E-state index contributed by atoms with van der Waals surface area (Å²) in [6.45, 7) is 14.5. The molecule has 50 heavy (non-hydrogen) atoms. The van der Waals surface area contributed by atoms with Crippen LogP contribution in [-0.2, 0) is 39.6 Å². The van der Waals surface area contributed by atoms with Gasteiger partial charge in [0.1, 0.15) is 35.6 Å². The fraction of sp³-hybridized carbons (Fsp3) is 0.559. The maximum Gasteiger partial charge on any atom is 0.425 e. The molecular formula is C34H41ClN6O9. The van der Waals surface area contributed by atoms with Crippen LogP contribution < -0.4 is 4.90 Å². The van der Waals surface area contributed by atoms with E-state index in [1.807, 2.05) is 30.3 Å². The average Bonchev–Trinajstić information content (AvgIpc) is 3.64. The molecule has 3 aromatic rings. The molecular weight excluding hydrogens is 672 g/mol. The Morgan fingerprint density at radius 2 is 1.60 bits per heavy atom. The van der Waals surface area contributed by atoms with Gasteiger partial charge >= 0.3 is 12.2 Å². The van der Waals surface area contributed by atoms with Crippen molar-refractivity contribution in [3.63, 3.8) is 0 Å². The highest BCUT2D eigenvalue weighted by molar-refractivity contribution is 6.29. The van der Waals surface area contributed by atoms with Crippen molar-refractivity contribution in [2.75, 3.05) is 11.5 Å². The number of imide groups is 1. The van der Waals surface area contributed by atoms with E-state index in [2.05, 4.69) is 21.0 Å². The van der Waals surface area contributed by atoms with E-state index in [-0.39, 0.29) is 35.3 Å². The zero-order valence-corrected chi connectivity index (χ0v) is 30.2. The van der Waals surface area contributed by atoms with Crippen LogP contribution in [0.15, 0.2) is 36.7 Å². The zero-order chi connectivity index (χ0) is 36.8. The first-order chi connectivity index (χ1) is 23.2. The third kappa shape index (κ3) is 7.90. The molecule has 0 spiro atoms. The number of aromatic nitrogens is 4. The van der Waals surface area contributed by atoms with Gasteiger partial charge in [-0.1, -0.05) is 30.3 Å². The van der Waals surface area contributed by atoms with Gasteiger partial charge in [0.25, 0.3) is 0 Å². The van der Waals surface area contributed by atoms with Gasteiger partial charge in [0.2, 0.25) is 10.9 Å². The van der Waals surface area contributed by atoms with Crippen molar-refractivity contribution < 1.29 is 42.8 Å². The van der Waals surface area contributed by atoms with E-state index < -0.39 is 65.1 Å². The van der Waals surface area contributed by atoms with Crippen molar-refractivity contribution in [3.05, 3.63) is 47.5 Å². The van der Waals surface area contributed by atoms with Crippen LogP contribution in [0.25, 0.3) is 11.2 Å². The maximum absolute atomic E-state index is 13.5. The van der Waals surface area contributed by atoms with E-state index in [0.29, 0.717) is 4.90 Å². The number of carbonyl (C=O) groups excluding carboxylic acids is 3. The summed E-state index contributed by atoms with van der Waals surface area (Å²) in [5, 5.41) is 9.86. The van der Waals surface area contributed by atoms with Crippen LogP contribution in [0, 0.1) is 11.3 Å². The van der Waals surface area contributed by atoms with Crippen molar-refractivity contribution in [2.24, 2.45) is 0 Å². The lowest BCUT2D eigenvalue weighted by Crippen LogP contribution is -2.44. The molecule has 0 N–H and O–H groups in total. The lowest BCUT2D eigenvalue weighted by atomic mass is 9.92. The number of carbonyl (C=O) groups is 3. The molecule has 0 bridgehead atoms. The number of Topliss-reactive ketones (excluding diaryl/α,β-unsaturated/α-hetero) is 1. The third-order valence-corrected chi connectivity index (χ3v) is 7.85. The monoisotopic (exact) mass is 712 g/mol. The maximum atomic E-state index is 13.5. The molecule has 2 fully saturated rings. The van der Waals surface area contributed by atoms with E-state index in [1.54, 1.807) is 55.4 Å². The molecule has 1 aromatic carbocycles. The van der Waals surface area contributed by atoms with Gasteiger partial charge in [0.15, 0.2) is 34.8 Å². The summed E-state index contributed by atoms with van der Waals surface area (Å²) in [6, 6.07) is 11.2. The first kappa shape index (κ1) is 37.1. The van der Waals surface area contributed by atoms with Gasteiger partial charge in [0.05, 0.1) is 12.9 Å². The molecule has 0 aliphatic carbocycles. The highest BCUT2D eigenvalue weighted by atomic mass is 35.5. The molecule has 4 heterocycles. The van der Waals surface area contributed by atoms with Crippen LogP contribution in [0.5, 0.6) is 0 Å². The van der Waals surface area contributed by atoms with Gasteiger partial charge in [0, 0.05) is 6.42 Å². The molecule has 2 aromatic heterocycles. The predicted octanol–water partition coefficient (Wildman–Crippen LogP) is 5.68. The molecule has 0 saturated carbocycles. The highest BCUT2D eigenvalue weighted by Gasteiger charge is 2.57. The van der Waals surface area contributed by atoms with Gasteiger partial charge in [-0.2, -0.15) is 20.1 Å². The standard InChI is InChI=1S/C34H41ClN6O9/c1-19(42)34(17-36,15-20-13-11-10-12-14-20)45-16-21-23-24(48-33(8,9)47-23)27(46-21)40-18-37-22-25(40)38-28(35)39-26(22)41(29(43)49-31(2,3)4)30(44)50-32(5,6)7/h10-14,18,21,23-24,27H,15-16H2,1-9H3/t21-,23-,24-,27-,34?/m1/s1. The Kier molecular flexibility index (Phi) is 10.0. The number of halogens is 1. The Hall–Kier alpha value is -4.20. The number of nitriles is 1. The number of benzene rings is 1. The lowest BCUT2D eigenvalue weighted by molar-refractivity contribution is -0.205. The summed E-state index contributed by atoms with van der Waals surface area (Å²) in [7, 11) is 0. The molecule has 5 atom stereocenters. The first-order valence-electron chi connectivity index (χ1n) is 16.0. The van der Waals surface area contributed by atoms with Crippen LogP contribution in [0.2, 0.25) is 5.28 Å². The minimum absolute atomic E-state index is 0.00656. The molecule has 0 radical (unpaired) electrons. The zero-order valence-electron chi connectivity index (χ0n) is 29.4. The number of fused-ring (bicyclic) bond motifs is 2. The molecule has 15 nitrogen and oxygen atoms in total. The summed E-state index contributed by atoms with van der Waals surface area (Å²) in [6.07, 6.45) is -3.93. The number of imidazole rings is 1. The van der Waals surface area contributed by atoms with Crippen LogP contribution >= 0.6 is 11.6 Å². The molecule has 1 unspecified atom stereocenters. The van der Waals surface area contributed by atoms with Crippen molar-refractivity contribution in [1.82, 2.24) is 19.5 Å². The number of ketones is 1. The minimum Gasteiger partial charge on any atom is -0.443 e. The predicted molar refractivity (Wildman–Crippen MR) is 178 cm³/mol. The van der Waals surface area contributed by atoms with Crippen LogP contribution in [0.1, 0.15) is 74.1 Å². The largest absolute Gasteiger partial charge is 0.443 e. The smallest absolute Gasteiger partial charge is 0.425 e. The van der Waals surface area contributed by atoms with Crippen molar-refractivity contribution in [1.29, 1.82) is 5.26 Å². The Balaban J connectivity index is 1.51. The van der Waals surface area contributed by atoms with E-state index in [4.69, 9.17) is 40.0 Å². The topological polar surface area (TPSA) is 177 Å². The molecule has 2 aliphatic rings. The summed E-state index contributed by atoms with van der Waals surface area (Å²) in [5.74, 6) is -1.77. The lowest BCUT2D eigenvalue weighted by Gasteiger charge is -2.28. The summed E-state index contributed by atoms with van der Waals surface area (Å²) in [5.41, 5.74) is -2.89. The highest BCUT2D eigenvalue weighted by Crippen LogP contribution is 2.44. The van der Waals surface area contributed by atoms with Crippen LogP contribution in [0.3, 0.4) is 0 Å². The molecule has 5 rings (SSSR count). The van der Waals surface area contributed by atoms with E-state index in [0.717, 1.165) is 5.56 Å². The first-order valence-corrected chi connectivity index (χ1v) is 16.4. The van der Waals surface area contributed by atoms with Crippen molar-refractivity contribution >= 4 is 46.6 Å². The van der Waals surface area contributed by atoms with Crippen LogP contribution in [0.4, 0.5) is 15.4 Å². The summed E-state index contributed by atoms with van der Waals surface area (Å²) in [4.78, 5) is 53.4. The second kappa shape index (κ2) is 13.5. The molecule has 16 heteroatoms. The van der Waals surface area contributed by atoms with E-state index in [9.17, 15) is 19.6 Å². The van der Waals surface area contributed by atoms with Crippen molar-refractivity contribution in [2.45, 2.75) is 116 Å². The molecule has 2 saturated heterocycles. The Morgan fingerprint density at radius 3 is 2.16 bits per heavy atom. The Morgan fingerprint density at radius 1 is 1.00 bits per heavy atom. The summed E-state index contributed by atoms with van der Waals surface area (Å²) >= 11 is 6.40. The SMILES string of the molecule is CC(=O)C(C#N)(Cc1ccccc1)OC[C@H]1O[C@@H](n2cnc3c(N(C(=O)OC(C)(C)C)C(=O)OC(C)(C)C)nc(Cl)nc32)[C@@H]2OC(C)(C)O[C@@H]21. The van der Waals surface area contributed by atoms with Gasteiger partial charge in [-0.05, 0) is 79.5 Å². The number of anilines is 1. The number of rotatable bonds is 8. The second-order valence-electron chi connectivity index (χ2n) is 14.5. The number of amides is 2. The van der Waals surface area contributed by atoms with Gasteiger partial charge in [-0.25, -0.2) is 14.6 Å². The van der Waals surface area contributed by atoms with Crippen molar-refractivity contribution in [3.8, 4) is 6.07 Å². The molecule has 2 aliphatic heterocycles. The molecule has 268 valence electrons. The number of hydrogen-bond acceptors (Lipinski definition) is 13. The average molecular weight is 713 g/mol. The second-order valence-corrected chi connectivity index (χ2v) is 14.9. The Bertz CT molecular complexity index is 1790. The fourth-order valence-electron chi connectivity index (χ4n) is 5.63. The van der Waals surface area contributed by atoms with Gasteiger partial charge in [-0.15, -0.1) is 0 Å². The molecule has 2 amide bonds. The van der Waals surface area contributed by atoms with E-state index >= 15 is 0 Å². The Labute approximate surface area is 294 Å². The minimum atomic E-state index is -1.78. The normalized spacial score (nSPS) is 22.7. The quantitative estimate of drug-likeness (QED) is 0.261. The third-order valence-electron chi connectivity index (χ3n) is 7.68. The number of ether oxygens (including phenoxy) is 6. The van der Waals surface area contributed by atoms with Crippen LogP contribution in [-0.4, -0.2) is 85.0 Å². The summed E-state index contributed by atoms with van der Waals surface area (Å²) < 4.78 is 37.6. The number of hydrogen-bond donors (Lipinski definition) is 0.